The van der Waals surface area contributed by atoms with Crippen molar-refractivity contribution in [3.05, 3.63) is 63.1 Å². The Morgan fingerprint density at radius 3 is 2.60 bits per heavy atom. The van der Waals surface area contributed by atoms with Gasteiger partial charge in [-0.1, -0.05) is 41.9 Å². The van der Waals surface area contributed by atoms with Crippen LogP contribution in [-0.2, 0) is 13.0 Å². The normalized spacial score (nSPS) is 14.0. The van der Waals surface area contributed by atoms with Crippen LogP contribution in [0.25, 0.3) is 0 Å². The van der Waals surface area contributed by atoms with E-state index in [1.165, 1.54) is 16.7 Å². The van der Waals surface area contributed by atoms with Crippen molar-refractivity contribution in [1.82, 2.24) is 4.90 Å². The molecule has 0 saturated carbocycles. The molecule has 0 spiro atoms. The van der Waals surface area contributed by atoms with Gasteiger partial charge < -0.3 is 10.2 Å². The molecule has 0 saturated heterocycles. The molecule has 3 rings (SSSR count). The molecule has 0 atom stereocenters. The van der Waals surface area contributed by atoms with Crippen molar-refractivity contribution in [3.63, 3.8) is 0 Å². The molecule has 1 aliphatic heterocycles. The zero-order valence-corrected chi connectivity index (χ0v) is 17.2. The number of halogens is 2. The molecule has 25 heavy (non-hydrogen) atoms. The van der Waals surface area contributed by atoms with Crippen molar-refractivity contribution in [3.8, 4) is 0 Å². The monoisotopic (exact) mass is 422 g/mol. The number of anilines is 1. The van der Waals surface area contributed by atoms with Crippen LogP contribution in [-0.4, -0.2) is 24.4 Å². The minimum Gasteiger partial charge on any atom is -0.322 e. The van der Waals surface area contributed by atoms with E-state index in [-0.39, 0.29) is 18.3 Å². The van der Waals surface area contributed by atoms with E-state index in [0.717, 1.165) is 29.7 Å². The maximum Gasteiger partial charge on any atom is 0.255 e. The largest absolute Gasteiger partial charge is 0.322 e. The lowest BCUT2D eigenvalue weighted by molar-refractivity contribution is 0.102. The quantitative estimate of drug-likeness (QED) is 0.732. The summed E-state index contributed by atoms with van der Waals surface area (Å²) in [6, 6.07) is 12.0. The SMILES string of the molecule is CC(C)c1ccc(C(=O)Nc2ccc3c(c2)CN(C)CC3)cc1Br.Cl. The van der Waals surface area contributed by atoms with Gasteiger partial charge in [-0.05, 0) is 60.3 Å². The number of carbonyl (C=O) groups is 1. The molecular weight excluding hydrogens is 400 g/mol. The number of fused-ring (bicyclic) bond motifs is 1. The Labute approximate surface area is 164 Å². The van der Waals surface area contributed by atoms with Gasteiger partial charge in [0.05, 0.1) is 0 Å². The first kappa shape index (κ1) is 20.0. The Hall–Kier alpha value is -1.36. The second kappa shape index (κ2) is 8.35. The molecule has 0 fully saturated rings. The minimum atomic E-state index is -0.0740. The predicted molar refractivity (Wildman–Crippen MR) is 110 cm³/mol. The predicted octanol–water partition coefficient (Wildman–Crippen LogP) is 5.23. The van der Waals surface area contributed by atoms with Crippen LogP contribution in [0.3, 0.4) is 0 Å². The zero-order chi connectivity index (χ0) is 17.3. The van der Waals surface area contributed by atoms with Gasteiger partial charge in [0, 0.05) is 28.8 Å². The van der Waals surface area contributed by atoms with Gasteiger partial charge in [-0.2, -0.15) is 0 Å². The third-order valence-electron chi connectivity index (χ3n) is 4.55. The number of hydrogen-bond donors (Lipinski definition) is 1. The smallest absolute Gasteiger partial charge is 0.255 e. The number of nitrogens with zero attached hydrogens (tertiary/aromatic N) is 1. The summed E-state index contributed by atoms with van der Waals surface area (Å²) in [5, 5.41) is 3.02. The summed E-state index contributed by atoms with van der Waals surface area (Å²) >= 11 is 3.57. The summed E-state index contributed by atoms with van der Waals surface area (Å²) in [7, 11) is 2.13. The fourth-order valence-corrected chi connectivity index (χ4v) is 3.95. The summed E-state index contributed by atoms with van der Waals surface area (Å²) < 4.78 is 0.984. The van der Waals surface area contributed by atoms with E-state index in [0.29, 0.717) is 11.5 Å². The molecule has 1 heterocycles. The van der Waals surface area contributed by atoms with E-state index >= 15 is 0 Å². The molecule has 5 heteroatoms. The van der Waals surface area contributed by atoms with Gasteiger partial charge in [-0.3, -0.25) is 4.79 Å². The molecule has 1 amide bonds. The highest BCUT2D eigenvalue weighted by Gasteiger charge is 2.15. The van der Waals surface area contributed by atoms with Crippen molar-refractivity contribution in [2.24, 2.45) is 0 Å². The highest BCUT2D eigenvalue weighted by atomic mass is 79.9. The lowest BCUT2D eigenvalue weighted by atomic mass is 9.99. The average molecular weight is 424 g/mol. The van der Waals surface area contributed by atoms with Gasteiger partial charge in [-0.15, -0.1) is 12.4 Å². The molecule has 1 aliphatic rings. The van der Waals surface area contributed by atoms with Crippen molar-refractivity contribution in [2.45, 2.75) is 32.7 Å². The summed E-state index contributed by atoms with van der Waals surface area (Å²) in [5.41, 5.74) is 5.43. The highest BCUT2D eigenvalue weighted by molar-refractivity contribution is 9.10. The Morgan fingerprint density at radius 1 is 1.16 bits per heavy atom. The van der Waals surface area contributed by atoms with Crippen LogP contribution in [0.15, 0.2) is 40.9 Å². The van der Waals surface area contributed by atoms with E-state index in [1.807, 2.05) is 24.3 Å². The summed E-state index contributed by atoms with van der Waals surface area (Å²) in [4.78, 5) is 14.8. The Kier molecular flexibility index (Phi) is 6.66. The first-order chi connectivity index (χ1) is 11.4. The third kappa shape index (κ3) is 4.63. The highest BCUT2D eigenvalue weighted by Crippen LogP contribution is 2.26. The maximum absolute atomic E-state index is 12.5. The number of nitrogens with one attached hydrogen (secondary N) is 1. The van der Waals surface area contributed by atoms with E-state index in [2.05, 4.69) is 59.2 Å². The second-order valence-corrected chi connectivity index (χ2v) is 7.67. The van der Waals surface area contributed by atoms with Crippen LogP contribution in [0, 0.1) is 0 Å². The molecule has 0 aliphatic carbocycles. The van der Waals surface area contributed by atoms with Crippen LogP contribution in [0.5, 0.6) is 0 Å². The van der Waals surface area contributed by atoms with Crippen molar-refractivity contribution >= 4 is 39.9 Å². The molecule has 2 aromatic carbocycles. The lowest BCUT2D eigenvalue weighted by Gasteiger charge is -2.25. The van der Waals surface area contributed by atoms with E-state index in [1.54, 1.807) is 0 Å². The van der Waals surface area contributed by atoms with Crippen molar-refractivity contribution in [1.29, 1.82) is 0 Å². The van der Waals surface area contributed by atoms with Crippen LogP contribution in [0.1, 0.15) is 46.8 Å². The van der Waals surface area contributed by atoms with Crippen LogP contribution in [0.2, 0.25) is 0 Å². The van der Waals surface area contributed by atoms with Gasteiger partial charge in [0.1, 0.15) is 0 Å². The second-order valence-electron chi connectivity index (χ2n) is 6.82. The Bertz CT molecular complexity index is 776. The number of hydrogen-bond acceptors (Lipinski definition) is 2. The van der Waals surface area contributed by atoms with Gasteiger partial charge in [0.25, 0.3) is 5.91 Å². The Balaban J connectivity index is 0.00000225. The van der Waals surface area contributed by atoms with Crippen molar-refractivity contribution in [2.75, 3.05) is 18.9 Å². The Morgan fingerprint density at radius 2 is 1.92 bits per heavy atom. The van der Waals surface area contributed by atoms with Crippen LogP contribution in [0.4, 0.5) is 5.69 Å². The van der Waals surface area contributed by atoms with Gasteiger partial charge in [-0.25, -0.2) is 0 Å². The van der Waals surface area contributed by atoms with E-state index in [9.17, 15) is 4.79 Å². The molecule has 0 unspecified atom stereocenters. The maximum atomic E-state index is 12.5. The molecule has 0 aromatic heterocycles. The minimum absolute atomic E-state index is 0. The van der Waals surface area contributed by atoms with Gasteiger partial charge in [0.2, 0.25) is 0 Å². The zero-order valence-electron chi connectivity index (χ0n) is 14.8. The van der Waals surface area contributed by atoms with E-state index in [4.69, 9.17) is 0 Å². The first-order valence-corrected chi connectivity index (χ1v) is 9.14. The topological polar surface area (TPSA) is 32.3 Å². The van der Waals surface area contributed by atoms with E-state index < -0.39 is 0 Å². The number of carbonyl (C=O) groups excluding carboxylic acids is 1. The number of likely N-dealkylation sites (N-methyl/N-ethyl adjacent to an activating group) is 1. The third-order valence-corrected chi connectivity index (χ3v) is 5.24. The molecule has 0 radical (unpaired) electrons. The van der Waals surface area contributed by atoms with Crippen molar-refractivity contribution < 1.29 is 4.79 Å². The fourth-order valence-electron chi connectivity index (χ4n) is 3.12. The molecule has 1 N–H and O–H groups in total. The summed E-state index contributed by atoms with van der Waals surface area (Å²) in [6.07, 6.45) is 1.07. The van der Waals surface area contributed by atoms with Crippen LogP contribution >= 0.6 is 28.3 Å². The average Bonchev–Trinajstić information content (AvgIpc) is 2.54. The molecule has 2 aromatic rings. The standard InChI is InChI=1S/C20H23BrN2O.ClH/c1-13(2)18-7-5-15(11-19(18)21)20(24)22-17-6-4-14-8-9-23(3)12-16(14)10-17;/h4-7,10-11,13H,8-9,12H2,1-3H3,(H,22,24);1H. The molecular formula is C20H24BrClN2O. The molecule has 0 bridgehead atoms. The summed E-state index contributed by atoms with van der Waals surface area (Å²) in [5.74, 6) is 0.351. The molecule has 3 nitrogen and oxygen atoms in total. The van der Waals surface area contributed by atoms with Gasteiger partial charge in [0.15, 0.2) is 0 Å². The lowest BCUT2D eigenvalue weighted by Crippen LogP contribution is -2.26. The summed E-state index contributed by atoms with van der Waals surface area (Å²) in [6.45, 7) is 6.32. The van der Waals surface area contributed by atoms with Gasteiger partial charge >= 0.3 is 0 Å². The number of rotatable bonds is 3. The van der Waals surface area contributed by atoms with Crippen LogP contribution < -0.4 is 5.32 Å². The number of amides is 1. The fraction of sp³-hybridized carbons (Fsp3) is 0.350. The number of benzene rings is 2. The molecule has 134 valence electrons. The first-order valence-electron chi connectivity index (χ1n) is 8.35.